The first-order valence-electron chi connectivity index (χ1n) is 20.7. The van der Waals surface area contributed by atoms with Gasteiger partial charge in [-0.05, 0) is 109 Å². The van der Waals surface area contributed by atoms with Gasteiger partial charge in [-0.1, -0.05) is 81.5 Å². The molecule has 2 unspecified atom stereocenters. The molecule has 3 heterocycles. The van der Waals surface area contributed by atoms with Gasteiger partial charge in [0.05, 0.1) is 29.6 Å². The number of carbonyl (C=O) groups is 3. The highest BCUT2D eigenvalue weighted by atomic mass is 19.1. The molecule has 326 valence electrons. The summed E-state index contributed by atoms with van der Waals surface area (Å²) in [6.45, 7) is 15.3. The van der Waals surface area contributed by atoms with Crippen molar-refractivity contribution in [1.82, 2.24) is 20.5 Å². The number of ether oxygens (including phenoxy) is 2. The topological polar surface area (TPSA) is 110 Å². The second kappa shape index (κ2) is 21.1. The molecule has 5 atom stereocenters. The predicted molar refractivity (Wildman–Crippen MR) is 241 cm³/mol. The minimum atomic E-state index is -1.13. The van der Waals surface area contributed by atoms with Crippen molar-refractivity contribution in [2.75, 3.05) is 13.2 Å². The normalized spacial score (nSPS) is 24.1. The van der Waals surface area contributed by atoms with Crippen molar-refractivity contribution in [2.45, 2.75) is 117 Å². The molecule has 0 radical (unpaired) electrons. The van der Waals surface area contributed by atoms with Gasteiger partial charge >= 0.3 is 12.1 Å². The summed E-state index contributed by atoms with van der Waals surface area (Å²) in [5.41, 5.74) is 3.11. The van der Waals surface area contributed by atoms with Gasteiger partial charge in [-0.2, -0.15) is 0 Å². The van der Waals surface area contributed by atoms with Crippen molar-refractivity contribution in [3.8, 4) is 0 Å². The Morgan fingerprint density at radius 2 is 1.88 bits per heavy atom. The average molecular weight is 829 g/mol. The van der Waals surface area contributed by atoms with E-state index in [0.29, 0.717) is 42.7 Å². The number of esters is 1. The van der Waals surface area contributed by atoms with Crippen LogP contribution in [0.2, 0.25) is 0 Å². The van der Waals surface area contributed by atoms with Crippen LogP contribution in [0.4, 0.5) is 13.6 Å². The first-order chi connectivity index (χ1) is 28.2. The Bertz CT molecular complexity index is 2200. The van der Waals surface area contributed by atoms with Crippen LogP contribution in [0.15, 0.2) is 103 Å². The van der Waals surface area contributed by atoms with Crippen LogP contribution in [-0.2, 0) is 19.1 Å². The Balaban J connectivity index is 0.00000122. The molecule has 2 N–H and O–H groups in total. The Morgan fingerprint density at radius 1 is 1.13 bits per heavy atom. The lowest BCUT2D eigenvalue weighted by molar-refractivity contribution is -0.149. The molecule has 2 amide bonds. The minimum Gasteiger partial charge on any atom is -0.464 e. The largest absolute Gasteiger partial charge is 0.464 e. The highest BCUT2D eigenvalue weighted by Gasteiger charge is 2.62. The van der Waals surface area contributed by atoms with Crippen LogP contribution in [0.5, 0.6) is 0 Å². The predicted octanol–water partition coefficient (Wildman–Crippen LogP) is 11.3. The third-order valence-electron chi connectivity index (χ3n) is 10.7. The van der Waals surface area contributed by atoms with E-state index in [1.165, 1.54) is 24.3 Å². The highest BCUT2D eigenvalue weighted by molar-refractivity contribution is 6.08. The van der Waals surface area contributed by atoms with E-state index in [4.69, 9.17) is 14.5 Å². The van der Waals surface area contributed by atoms with E-state index in [-0.39, 0.29) is 46.3 Å². The molecule has 1 saturated carbocycles. The summed E-state index contributed by atoms with van der Waals surface area (Å²) in [6, 6.07) is 11.3. The molecule has 1 aliphatic carbocycles. The molecular formula is C49H66F2N4O5. The number of aromatic nitrogens is 1. The zero-order chi connectivity index (χ0) is 42.7. The number of hydrogen-bond donors (Lipinski definition) is 2. The lowest BCUT2D eigenvalue weighted by Gasteiger charge is -2.33. The molecule has 60 heavy (non-hydrogen) atoms. The number of carbonyl (C=O) groups excluding carboxylic acids is 3. The Labute approximate surface area is 357 Å². The molecule has 0 bridgehead atoms. The van der Waals surface area contributed by atoms with Crippen molar-refractivity contribution >= 4 is 45.7 Å². The summed E-state index contributed by atoms with van der Waals surface area (Å²) in [5.74, 6) is -1.55. The van der Waals surface area contributed by atoms with Crippen LogP contribution in [0.25, 0.3) is 27.8 Å². The zero-order valence-corrected chi connectivity index (χ0v) is 35.2. The first kappa shape index (κ1) is 47.1. The third kappa shape index (κ3) is 11.8. The molecule has 3 aliphatic rings. The van der Waals surface area contributed by atoms with Crippen LogP contribution in [0.3, 0.4) is 0 Å². The minimum absolute atomic E-state index is 0. The summed E-state index contributed by atoms with van der Waals surface area (Å²) in [7, 11) is 0. The molecule has 6 rings (SSSR count). The molecule has 11 heteroatoms. The molecule has 2 aromatic carbocycles. The number of allylic oxidation sites excluding steroid dienone is 5. The molecule has 0 spiro atoms. The van der Waals surface area contributed by atoms with E-state index >= 15 is 0 Å². The molecule has 9 nitrogen and oxygen atoms in total. The number of halogens is 2. The summed E-state index contributed by atoms with van der Waals surface area (Å²) < 4.78 is 37.3. The van der Waals surface area contributed by atoms with Gasteiger partial charge in [0.1, 0.15) is 28.8 Å². The van der Waals surface area contributed by atoms with Gasteiger partial charge < -0.3 is 25.0 Å². The van der Waals surface area contributed by atoms with Crippen molar-refractivity contribution < 1.29 is 35.5 Å². The molecule has 1 aromatic heterocycles. The fourth-order valence-electron chi connectivity index (χ4n) is 7.80. The van der Waals surface area contributed by atoms with Crippen LogP contribution < -0.4 is 10.6 Å². The van der Waals surface area contributed by atoms with E-state index in [9.17, 15) is 23.2 Å². The van der Waals surface area contributed by atoms with Gasteiger partial charge in [-0.25, -0.2) is 23.4 Å². The lowest BCUT2D eigenvalue weighted by Crippen LogP contribution is -2.53. The summed E-state index contributed by atoms with van der Waals surface area (Å²) in [6.07, 6.45) is 17.1. The third-order valence-corrected chi connectivity index (χ3v) is 10.7. The van der Waals surface area contributed by atoms with E-state index < -0.39 is 35.3 Å². The molecule has 3 aromatic rings. The number of nitrogens with one attached hydrogen (secondary N) is 2. The maximum absolute atomic E-state index is 14.4. The SMILES string of the molecule is C.C/C=C\C(F)=C/C.C=C=C1[C@@H](NC(=O)OC(C)(C)C)CCCCC/C=C\[C@@H]2CC2(C(=O)OCC)NC(=O)C2C[C@@H](/C=C/c3nc4cc(F)ccc4c4ccccc34)CN12.[HH].[HH]. The van der Waals surface area contributed by atoms with Crippen molar-refractivity contribution in [1.29, 1.82) is 0 Å². The molecule has 1 saturated heterocycles. The fourth-order valence-corrected chi connectivity index (χ4v) is 7.80. The van der Waals surface area contributed by atoms with E-state index in [1.807, 2.05) is 68.2 Å². The van der Waals surface area contributed by atoms with Gasteiger partial charge in [0.25, 0.3) is 0 Å². The summed E-state index contributed by atoms with van der Waals surface area (Å²) >= 11 is 0. The molecular weight excluding hydrogens is 763 g/mol. The van der Waals surface area contributed by atoms with E-state index in [0.717, 1.165) is 41.8 Å². The summed E-state index contributed by atoms with van der Waals surface area (Å²) in [5, 5.41) is 8.93. The van der Waals surface area contributed by atoms with Gasteiger partial charge in [0.2, 0.25) is 5.91 Å². The number of fused-ring (bicyclic) bond motifs is 5. The molecule has 2 fully saturated rings. The van der Waals surface area contributed by atoms with Gasteiger partial charge in [-0.15, -0.1) is 5.73 Å². The monoisotopic (exact) mass is 829 g/mol. The van der Waals surface area contributed by atoms with Crippen molar-refractivity contribution in [3.63, 3.8) is 0 Å². The number of benzene rings is 2. The maximum atomic E-state index is 14.4. The van der Waals surface area contributed by atoms with Crippen LogP contribution in [0.1, 0.15) is 102 Å². The lowest BCUT2D eigenvalue weighted by atomic mass is 10.0. The maximum Gasteiger partial charge on any atom is 0.408 e. The quantitative estimate of drug-likeness (QED) is 0.0837. The number of alkyl carbamates (subject to hydrolysis) is 1. The van der Waals surface area contributed by atoms with E-state index in [1.54, 1.807) is 32.9 Å². The van der Waals surface area contributed by atoms with Gasteiger partial charge in [-0.3, -0.25) is 4.79 Å². The molecule has 2 aliphatic heterocycles. The summed E-state index contributed by atoms with van der Waals surface area (Å²) in [4.78, 5) is 47.7. The van der Waals surface area contributed by atoms with Crippen LogP contribution in [0, 0.1) is 17.7 Å². The smallest absolute Gasteiger partial charge is 0.408 e. The van der Waals surface area contributed by atoms with Crippen LogP contribution in [-0.4, -0.2) is 64.2 Å². The number of nitrogens with zero attached hydrogens (tertiary/aromatic N) is 2. The van der Waals surface area contributed by atoms with Crippen molar-refractivity contribution in [2.24, 2.45) is 11.8 Å². The fraction of sp³-hybridized carbons (Fsp3) is 0.449. The Morgan fingerprint density at radius 3 is 2.55 bits per heavy atom. The first-order valence-corrected chi connectivity index (χ1v) is 20.7. The Hall–Kier alpha value is -5.54. The van der Waals surface area contributed by atoms with Gasteiger partial charge in [0.15, 0.2) is 0 Å². The highest BCUT2D eigenvalue weighted by Crippen LogP contribution is 2.46. The second-order valence-corrected chi connectivity index (χ2v) is 16.2. The second-order valence-electron chi connectivity index (χ2n) is 16.2. The number of hydrogen-bond acceptors (Lipinski definition) is 7. The Kier molecular flexibility index (Phi) is 16.6. The average Bonchev–Trinajstić information content (AvgIpc) is 3.72. The number of pyridine rings is 1. The van der Waals surface area contributed by atoms with E-state index in [2.05, 4.69) is 29.0 Å². The van der Waals surface area contributed by atoms with Gasteiger partial charge in [0, 0.05) is 32.2 Å². The van der Waals surface area contributed by atoms with Crippen LogP contribution >= 0.6 is 0 Å². The van der Waals surface area contributed by atoms with Crippen molar-refractivity contribution in [3.05, 3.63) is 114 Å². The number of amides is 2. The zero-order valence-electron chi connectivity index (χ0n) is 35.2. The standard InChI is InChI=1S/C42H49FN4O5.C6H9F.CH4.2H2/c1-6-36-34(45-40(50)52-41(3,4)5)18-12-10-8-9-11-15-28-25-42(28,39(49)51-7-2)46-38(48)37-23-27(26-47(36)37)19-22-33-31-17-14-13-16-30(31)32-21-20-29(43)24-35(32)44-33;1-3-5-6(7)4-2;;;/h11,13-17,19-22,24,27-28,34,37H,1,7-10,12,18,23,25-26H2,2-5H3,(H,45,50)(H,46,48);3-5H,1-2H3;1H4;2*1H/b15-11-,22-19+;5-3-,6-4+;;;/t27-,28-,34+,37?,42?;;;;/m1..../s1. The number of rotatable bonds is 6.